The van der Waals surface area contributed by atoms with Gasteiger partial charge in [-0.1, -0.05) is 0 Å². The number of carbonyl (C=O) groups is 3. The minimum absolute atomic E-state index is 0.124. The Hall–Kier alpha value is -2.96. The van der Waals surface area contributed by atoms with Gasteiger partial charge >= 0.3 is 0 Å². The van der Waals surface area contributed by atoms with E-state index in [0.717, 1.165) is 6.07 Å². The average Bonchev–Trinajstić information content (AvgIpc) is 3.06. The van der Waals surface area contributed by atoms with E-state index in [-0.39, 0.29) is 30.2 Å². The number of hydrogen-bond donors (Lipinski definition) is 2. The molecule has 2 N–H and O–H groups in total. The molecule has 2 amide bonds. The van der Waals surface area contributed by atoms with E-state index in [1.54, 1.807) is 6.07 Å². The number of fused-ring (bicyclic) bond motifs is 1. The van der Waals surface area contributed by atoms with E-state index in [9.17, 15) is 18.8 Å². The summed E-state index contributed by atoms with van der Waals surface area (Å²) in [5.74, 6) is -1.91. The third-order valence-corrected chi connectivity index (χ3v) is 3.54. The van der Waals surface area contributed by atoms with E-state index >= 15 is 0 Å². The molecule has 1 aliphatic heterocycles. The summed E-state index contributed by atoms with van der Waals surface area (Å²) >= 11 is 0. The van der Waals surface area contributed by atoms with E-state index in [4.69, 9.17) is 4.42 Å². The maximum absolute atomic E-state index is 14.0. The molecule has 0 bridgehead atoms. The van der Waals surface area contributed by atoms with E-state index < -0.39 is 17.5 Å². The molecule has 6 nitrogen and oxygen atoms in total. The number of aryl methyl sites for hydroxylation is 1. The number of amides is 2. The SMILES string of the molecule is O=C1CCc2cc(C(=O)NCC(=O)c3ccco3)c(F)cc2N1. The maximum atomic E-state index is 14.0. The van der Waals surface area contributed by atoms with Crippen molar-refractivity contribution in [3.8, 4) is 0 Å². The summed E-state index contributed by atoms with van der Waals surface area (Å²) in [6.45, 7) is -0.292. The molecule has 23 heavy (non-hydrogen) atoms. The van der Waals surface area contributed by atoms with Crippen molar-refractivity contribution < 1.29 is 23.2 Å². The molecular weight excluding hydrogens is 303 g/mol. The van der Waals surface area contributed by atoms with Crippen molar-refractivity contribution in [1.29, 1.82) is 0 Å². The van der Waals surface area contributed by atoms with Gasteiger partial charge in [-0.25, -0.2) is 4.39 Å². The predicted molar refractivity (Wildman–Crippen MR) is 78.7 cm³/mol. The maximum Gasteiger partial charge on any atom is 0.254 e. The van der Waals surface area contributed by atoms with Crippen LogP contribution in [0.4, 0.5) is 10.1 Å². The molecule has 0 fully saturated rings. The fraction of sp³-hybridized carbons (Fsp3) is 0.188. The van der Waals surface area contributed by atoms with Crippen LogP contribution in [0.15, 0.2) is 34.9 Å². The topological polar surface area (TPSA) is 88.4 Å². The van der Waals surface area contributed by atoms with Gasteiger partial charge in [-0.05, 0) is 36.2 Å². The van der Waals surface area contributed by atoms with E-state index in [1.165, 1.54) is 18.4 Å². The third-order valence-electron chi connectivity index (χ3n) is 3.54. The highest BCUT2D eigenvalue weighted by Gasteiger charge is 2.21. The summed E-state index contributed by atoms with van der Waals surface area (Å²) in [5.41, 5.74) is 0.905. The van der Waals surface area contributed by atoms with Gasteiger partial charge in [0.05, 0.1) is 18.4 Å². The van der Waals surface area contributed by atoms with E-state index in [2.05, 4.69) is 10.6 Å². The van der Waals surface area contributed by atoms with Crippen LogP contribution in [0, 0.1) is 5.82 Å². The van der Waals surface area contributed by atoms with Crippen molar-refractivity contribution in [1.82, 2.24) is 5.32 Å². The Morgan fingerprint density at radius 2 is 2.13 bits per heavy atom. The Morgan fingerprint density at radius 1 is 1.30 bits per heavy atom. The first kappa shape index (κ1) is 15.0. The van der Waals surface area contributed by atoms with Crippen LogP contribution in [-0.4, -0.2) is 24.1 Å². The Morgan fingerprint density at radius 3 is 2.87 bits per heavy atom. The predicted octanol–water partition coefficient (Wildman–Crippen LogP) is 1.92. The number of anilines is 1. The van der Waals surface area contributed by atoms with Crippen molar-refractivity contribution >= 4 is 23.3 Å². The molecule has 0 radical (unpaired) electrons. The van der Waals surface area contributed by atoms with Crippen molar-refractivity contribution in [3.63, 3.8) is 0 Å². The van der Waals surface area contributed by atoms with Crippen LogP contribution in [0.5, 0.6) is 0 Å². The standard InChI is InChI=1S/C16H13FN2O4/c17-11-7-12-9(3-4-15(21)19-12)6-10(11)16(22)18-8-13(20)14-2-1-5-23-14/h1-2,5-7H,3-4,8H2,(H,18,22)(H,19,21). The van der Waals surface area contributed by atoms with Crippen molar-refractivity contribution in [2.24, 2.45) is 0 Å². The number of Topliss-reactive ketones (excluding diaryl/α,β-unsaturated/α-hetero) is 1. The first-order chi connectivity index (χ1) is 11.0. The number of ketones is 1. The third kappa shape index (κ3) is 3.13. The van der Waals surface area contributed by atoms with Crippen LogP contribution in [0.25, 0.3) is 0 Å². The number of halogens is 1. The Balaban J connectivity index is 1.72. The second-order valence-electron chi connectivity index (χ2n) is 5.12. The fourth-order valence-electron chi connectivity index (χ4n) is 2.36. The summed E-state index contributed by atoms with van der Waals surface area (Å²) in [7, 11) is 0. The van der Waals surface area contributed by atoms with Gasteiger partial charge in [0.1, 0.15) is 5.82 Å². The molecule has 2 aromatic rings. The summed E-state index contributed by atoms with van der Waals surface area (Å²) in [5, 5.41) is 4.93. The minimum Gasteiger partial charge on any atom is -0.461 e. The van der Waals surface area contributed by atoms with Gasteiger partial charge in [-0.2, -0.15) is 0 Å². The smallest absolute Gasteiger partial charge is 0.254 e. The molecule has 7 heteroatoms. The lowest BCUT2D eigenvalue weighted by atomic mass is 9.99. The number of benzene rings is 1. The zero-order valence-corrected chi connectivity index (χ0v) is 12.0. The molecule has 2 heterocycles. The summed E-state index contributed by atoms with van der Waals surface area (Å²) in [6, 6.07) is 5.57. The number of rotatable bonds is 4. The Labute approximate surface area is 130 Å². The highest BCUT2D eigenvalue weighted by Crippen LogP contribution is 2.25. The highest BCUT2D eigenvalue weighted by molar-refractivity contribution is 6.02. The van der Waals surface area contributed by atoms with Crippen molar-refractivity contribution in [3.05, 3.63) is 53.2 Å². The van der Waals surface area contributed by atoms with Gasteiger partial charge in [0, 0.05) is 12.1 Å². The molecule has 0 spiro atoms. The largest absolute Gasteiger partial charge is 0.461 e. The van der Waals surface area contributed by atoms with Crippen molar-refractivity contribution in [2.75, 3.05) is 11.9 Å². The number of carbonyl (C=O) groups excluding carboxylic acids is 3. The molecule has 1 aromatic heterocycles. The van der Waals surface area contributed by atoms with Crippen LogP contribution in [-0.2, 0) is 11.2 Å². The lowest BCUT2D eigenvalue weighted by Crippen LogP contribution is -2.30. The molecule has 0 atom stereocenters. The molecule has 1 aliphatic rings. The Kier molecular flexibility index (Phi) is 3.92. The zero-order chi connectivity index (χ0) is 16.4. The number of nitrogens with one attached hydrogen (secondary N) is 2. The second kappa shape index (κ2) is 6.04. The molecule has 3 rings (SSSR count). The molecule has 118 valence electrons. The minimum atomic E-state index is -0.756. The first-order valence-corrected chi connectivity index (χ1v) is 7.02. The van der Waals surface area contributed by atoms with Crippen LogP contribution in [0.2, 0.25) is 0 Å². The zero-order valence-electron chi connectivity index (χ0n) is 12.0. The first-order valence-electron chi connectivity index (χ1n) is 7.02. The molecular formula is C16H13FN2O4. The lowest BCUT2D eigenvalue weighted by Gasteiger charge is -2.18. The quantitative estimate of drug-likeness (QED) is 0.843. The van der Waals surface area contributed by atoms with Gasteiger partial charge in [0.15, 0.2) is 5.76 Å². The van der Waals surface area contributed by atoms with Crippen LogP contribution >= 0.6 is 0 Å². The molecule has 0 aliphatic carbocycles. The summed E-state index contributed by atoms with van der Waals surface area (Å²) < 4.78 is 19.0. The lowest BCUT2D eigenvalue weighted by molar-refractivity contribution is -0.116. The normalized spacial score (nSPS) is 13.2. The second-order valence-corrected chi connectivity index (χ2v) is 5.12. The van der Waals surface area contributed by atoms with Gasteiger partial charge in [-0.3, -0.25) is 14.4 Å². The van der Waals surface area contributed by atoms with Crippen LogP contribution < -0.4 is 10.6 Å². The van der Waals surface area contributed by atoms with Gasteiger partial charge in [0.2, 0.25) is 11.7 Å². The van der Waals surface area contributed by atoms with E-state index in [0.29, 0.717) is 17.7 Å². The summed E-state index contributed by atoms with van der Waals surface area (Å²) in [6.07, 6.45) is 2.08. The molecule has 0 unspecified atom stereocenters. The van der Waals surface area contributed by atoms with E-state index in [1.807, 2.05) is 0 Å². The van der Waals surface area contributed by atoms with Crippen LogP contribution in [0.1, 0.15) is 32.9 Å². The van der Waals surface area contributed by atoms with Gasteiger partial charge < -0.3 is 15.1 Å². The van der Waals surface area contributed by atoms with Gasteiger partial charge in [-0.15, -0.1) is 0 Å². The summed E-state index contributed by atoms with van der Waals surface area (Å²) in [4.78, 5) is 35.1. The Bertz CT molecular complexity index is 784. The molecule has 0 saturated carbocycles. The molecule has 0 saturated heterocycles. The van der Waals surface area contributed by atoms with Crippen molar-refractivity contribution in [2.45, 2.75) is 12.8 Å². The molecule has 1 aromatic carbocycles. The average molecular weight is 316 g/mol. The van der Waals surface area contributed by atoms with Crippen LogP contribution in [0.3, 0.4) is 0 Å². The highest BCUT2D eigenvalue weighted by atomic mass is 19.1. The number of furan rings is 1. The number of hydrogen-bond acceptors (Lipinski definition) is 4. The van der Waals surface area contributed by atoms with Gasteiger partial charge in [0.25, 0.3) is 5.91 Å². The fourth-order valence-corrected chi connectivity index (χ4v) is 2.36. The monoisotopic (exact) mass is 316 g/mol.